The van der Waals surface area contributed by atoms with Crippen LogP contribution in [0, 0.1) is 11.7 Å². The molecular weight excluding hydrogens is 399 g/mol. The van der Waals surface area contributed by atoms with Crippen LogP contribution in [0.25, 0.3) is 5.57 Å². The number of allylic oxidation sites excluding steroid dienone is 5. The smallest absolute Gasteiger partial charge is 0.252 e. The zero-order chi connectivity index (χ0) is 21.9. The summed E-state index contributed by atoms with van der Waals surface area (Å²) >= 11 is 0. The van der Waals surface area contributed by atoms with Crippen LogP contribution in [0.1, 0.15) is 29.5 Å². The lowest BCUT2D eigenvalue weighted by molar-refractivity contribution is -0.116. The first-order chi connectivity index (χ1) is 15.7. The molecule has 1 heterocycles. The molecule has 0 spiro atoms. The molecule has 164 valence electrons. The number of hydrogen-bond donors (Lipinski definition) is 1. The fourth-order valence-electron chi connectivity index (χ4n) is 5.16. The average molecular weight is 429 g/mol. The molecule has 1 amide bonds. The van der Waals surface area contributed by atoms with E-state index in [0.717, 1.165) is 67.6 Å². The Kier molecular flexibility index (Phi) is 6.04. The Morgan fingerprint density at radius 3 is 2.78 bits per heavy atom. The number of rotatable bonds is 5. The molecule has 0 bridgehead atoms. The van der Waals surface area contributed by atoms with Gasteiger partial charge in [0.25, 0.3) is 5.91 Å². The molecule has 1 aliphatic heterocycles. The number of nitrogens with one attached hydrogen (secondary N) is 1. The fourth-order valence-corrected chi connectivity index (χ4v) is 5.16. The minimum Gasteiger partial charge on any atom is -0.348 e. The van der Waals surface area contributed by atoms with Crippen molar-refractivity contribution in [3.63, 3.8) is 0 Å². The van der Waals surface area contributed by atoms with Gasteiger partial charge in [-0.25, -0.2) is 4.39 Å². The number of carbonyl (C=O) groups excluding carboxylic acids is 1. The highest BCUT2D eigenvalue weighted by atomic mass is 19.1. The van der Waals surface area contributed by atoms with E-state index in [9.17, 15) is 9.18 Å². The molecule has 3 nitrogen and oxygen atoms in total. The maximum absolute atomic E-state index is 13.6. The molecule has 3 aliphatic rings. The van der Waals surface area contributed by atoms with E-state index in [2.05, 4.69) is 46.6 Å². The summed E-state index contributed by atoms with van der Waals surface area (Å²) in [6, 6.07) is 15.2. The molecule has 32 heavy (non-hydrogen) atoms. The summed E-state index contributed by atoms with van der Waals surface area (Å²) < 4.78 is 13.1. The topological polar surface area (TPSA) is 32.3 Å². The van der Waals surface area contributed by atoms with Gasteiger partial charge in [-0.15, -0.1) is 0 Å². The first-order valence-corrected chi connectivity index (χ1v) is 11.6. The third kappa shape index (κ3) is 4.46. The monoisotopic (exact) mass is 428 g/mol. The normalized spacial score (nSPS) is 22.4. The minimum absolute atomic E-state index is 0.0460. The van der Waals surface area contributed by atoms with Crippen molar-refractivity contribution in [3.8, 4) is 0 Å². The molecule has 2 aromatic carbocycles. The van der Waals surface area contributed by atoms with Crippen LogP contribution in [-0.4, -0.2) is 36.5 Å². The molecule has 4 heteroatoms. The number of benzene rings is 2. The van der Waals surface area contributed by atoms with E-state index < -0.39 is 0 Å². The van der Waals surface area contributed by atoms with Crippen LogP contribution in [0.15, 0.2) is 78.4 Å². The zero-order valence-electron chi connectivity index (χ0n) is 18.3. The van der Waals surface area contributed by atoms with Gasteiger partial charge >= 0.3 is 0 Å². The molecule has 1 N–H and O–H groups in total. The largest absolute Gasteiger partial charge is 0.348 e. The van der Waals surface area contributed by atoms with Crippen molar-refractivity contribution < 1.29 is 9.18 Å². The van der Waals surface area contributed by atoms with E-state index in [-0.39, 0.29) is 17.8 Å². The van der Waals surface area contributed by atoms with Crippen LogP contribution >= 0.6 is 0 Å². The number of hydrogen-bond acceptors (Lipinski definition) is 2. The third-order valence-electron chi connectivity index (χ3n) is 6.89. The van der Waals surface area contributed by atoms with Crippen LogP contribution < -0.4 is 5.32 Å². The van der Waals surface area contributed by atoms with Gasteiger partial charge in [-0.3, -0.25) is 4.79 Å². The highest BCUT2D eigenvalue weighted by Gasteiger charge is 2.30. The Bertz CT molecular complexity index is 1080. The molecule has 0 saturated carbocycles. The van der Waals surface area contributed by atoms with Gasteiger partial charge in [0.1, 0.15) is 5.82 Å². The quantitative estimate of drug-likeness (QED) is 0.749. The van der Waals surface area contributed by atoms with E-state index in [0.29, 0.717) is 5.92 Å². The van der Waals surface area contributed by atoms with Gasteiger partial charge in [0.15, 0.2) is 0 Å². The van der Waals surface area contributed by atoms with Crippen molar-refractivity contribution in [2.75, 3.05) is 19.6 Å². The van der Waals surface area contributed by atoms with Crippen molar-refractivity contribution in [2.45, 2.75) is 31.7 Å². The van der Waals surface area contributed by atoms with Gasteiger partial charge in [0.2, 0.25) is 0 Å². The molecule has 5 rings (SSSR count). The van der Waals surface area contributed by atoms with Crippen molar-refractivity contribution in [2.24, 2.45) is 5.92 Å². The number of fused-ring (bicyclic) bond motifs is 2. The van der Waals surface area contributed by atoms with Crippen LogP contribution in [0.2, 0.25) is 0 Å². The molecule has 2 atom stereocenters. The number of nitrogens with zero attached hydrogens (tertiary/aromatic N) is 1. The predicted octanol–water partition coefficient (Wildman–Crippen LogP) is 4.70. The Morgan fingerprint density at radius 1 is 1.06 bits per heavy atom. The van der Waals surface area contributed by atoms with Crippen LogP contribution in [0.5, 0.6) is 0 Å². The van der Waals surface area contributed by atoms with Crippen LogP contribution in [0.4, 0.5) is 4.39 Å². The molecule has 2 aromatic rings. The maximum Gasteiger partial charge on any atom is 0.252 e. The first-order valence-electron chi connectivity index (χ1n) is 11.6. The summed E-state index contributed by atoms with van der Waals surface area (Å²) in [6.45, 7) is 2.75. The van der Waals surface area contributed by atoms with Crippen molar-refractivity contribution in [1.29, 1.82) is 0 Å². The summed E-state index contributed by atoms with van der Waals surface area (Å²) in [5, 5.41) is 3.34. The summed E-state index contributed by atoms with van der Waals surface area (Å²) in [5.74, 6) is 0.146. The number of amides is 1. The van der Waals surface area contributed by atoms with Crippen molar-refractivity contribution >= 4 is 11.5 Å². The Balaban J connectivity index is 1.28. The Morgan fingerprint density at radius 2 is 1.91 bits per heavy atom. The Labute approximate surface area is 189 Å². The van der Waals surface area contributed by atoms with Crippen molar-refractivity contribution in [3.05, 3.63) is 101 Å². The summed E-state index contributed by atoms with van der Waals surface area (Å²) in [7, 11) is 0. The van der Waals surface area contributed by atoms with Crippen LogP contribution in [0.3, 0.4) is 0 Å². The second-order valence-electron chi connectivity index (χ2n) is 9.01. The first kappa shape index (κ1) is 20.9. The molecule has 0 radical (unpaired) electrons. The lowest BCUT2D eigenvalue weighted by Crippen LogP contribution is -2.38. The second-order valence-corrected chi connectivity index (χ2v) is 9.01. The second kappa shape index (κ2) is 9.25. The molecule has 1 saturated heterocycles. The van der Waals surface area contributed by atoms with E-state index in [1.165, 1.54) is 17.7 Å². The summed E-state index contributed by atoms with van der Waals surface area (Å²) in [4.78, 5) is 15.9. The van der Waals surface area contributed by atoms with Gasteiger partial charge in [-0.2, -0.15) is 0 Å². The van der Waals surface area contributed by atoms with E-state index in [4.69, 9.17) is 0 Å². The lowest BCUT2D eigenvalue weighted by Gasteiger charge is -2.21. The van der Waals surface area contributed by atoms with Gasteiger partial charge < -0.3 is 10.2 Å². The fraction of sp³-hybridized carbons (Fsp3) is 0.321. The van der Waals surface area contributed by atoms with E-state index in [1.54, 1.807) is 0 Å². The minimum atomic E-state index is -0.196. The third-order valence-corrected chi connectivity index (χ3v) is 6.89. The standard InChI is InChI=1S/C28H29FN2O/c29-23-13-9-20(10-14-23)15-17-31-18-16-24(19-31)30-28(32)27-25-7-3-1-5-21(25)11-12-22-6-2-4-8-26(22)27/h1-10,13-14,21,24H,11-12,15-19H2,(H,30,32)/t21?,24-/m0/s1. The highest BCUT2D eigenvalue weighted by molar-refractivity contribution is 6.21. The number of halogens is 1. The molecular formula is C28H29FN2O. The van der Waals surface area contributed by atoms with E-state index >= 15 is 0 Å². The molecule has 0 aromatic heterocycles. The Hall–Kier alpha value is -2.98. The molecule has 2 aliphatic carbocycles. The van der Waals surface area contributed by atoms with Crippen molar-refractivity contribution in [1.82, 2.24) is 10.2 Å². The SMILES string of the molecule is O=C(N[C@H]1CCN(CCc2ccc(F)cc2)C1)C1=C2C=CC=CC2CCc2ccccc21. The maximum atomic E-state index is 13.6. The van der Waals surface area contributed by atoms with Crippen LogP contribution in [-0.2, 0) is 17.6 Å². The zero-order valence-corrected chi connectivity index (χ0v) is 18.3. The number of likely N-dealkylation sites (tertiary alicyclic amines) is 1. The van der Waals surface area contributed by atoms with Gasteiger partial charge in [0, 0.05) is 31.6 Å². The summed E-state index contributed by atoms with van der Waals surface area (Å²) in [6.07, 6.45) is 12.3. The number of carbonyl (C=O) groups is 1. The van der Waals surface area contributed by atoms with Gasteiger partial charge in [-0.05, 0) is 60.1 Å². The lowest BCUT2D eigenvalue weighted by atomic mass is 9.87. The molecule has 1 fully saturated rings. The van der Waals surface area contributed by atoms with Gasteiger partial charge in [-0.1, -0.05) is 60.7 Å². The van der Waals surface area contributed by atoms with Gasteiger partial charge in [0.05, 0.1) is 5.57 Å². The average Bonchev–Trinajstić information content (AvgIpc) is 3.18. The predicted molar refractivity (Wildman–Crippen MR) is 127 cm³/mol. The highest BCUT2D eigenvalue weighted by Crippen LogP contribution is 2.36. The molecule has 1 unspecified atom stereocenters. The van der Waals surface area contributed by atoms with E-state index in [1.807, 2.05) is 24.3 Å². The number of aryl methyl sites for hydroxylation is 1. The summed E-state index contributed by atoms with van der Waals surface area (Å²) in [5.41, 5.74) is 5.46.